The molecule has 3 aromatic rings. The van der Waals surface area contributed by atoms with Crippen molar-refractivity contribution in [2.24, 2.45) is 0 Å². The average Bonchev–Trinajstić information content (AvgIpc) is 2.78. The van der Waals surface area contributed by atoms with E-state index in [0.29, 0.717) is 22.9 Å². The number of halogens is 4. The molecule has 34 heavy (non-hydrogen) atoms. The van der Waals surface area contributed by atoms with E-state index >= 15 is 0 Å². The van der Waals surface area contributed by atoms with Crippen molar-refractivity contribution >= 4 is 84.7 Å². The van der Waals surface area contributed by atoms with Gasteiger partial charge in [-0.25, -0.2) is 9.69 Å². The van der Waals surface area contributed by atoms with Crippen molar-refractivity contribution in [3.8, 4) is 5.75 Å². The Labute approximate surface area is 221 Å². The molecule has 1 N–H and O–H groups in total. The molecule has 0 atom stereocenters. The Hall–Kier alpha value is -2.65. The quantitative estimate of drug-likeness (QED) is 0.251. The number of hydrogen-bond acceptors (Lipinski definition) is 4. The van der Waals surface area contributed by atoms with E-state index in [1.165, 1.54) is 24.3 Å². The Morgan fingerprint density at radius 2 is 1.68 bits per heavy atom. The molecule has 4 amide bonds. The highest BCUT2D eigenvalue weighted by Gasteiger charge is 2.37. The normalized spacial score (nSPS) is 15.0. The van der Waals surface area contributed by atoms with Crippen molar-refractivity contribution in [2.45, 2.75) is 6.61 Å². The summed E-state index contributed by atoms with van der Waals surface area (Å²) in [6.07, 6.45) is 1.40. The lowest BCUT2D eigenvalue weighted by Gasteiger charge is -2.27. The summed E-state index contributed by atoms with van der Waals surface area (Å²) in [6.45, 7) is 0.355. The molecule has 0 saturated carbocycles. The predicted molar refractivity (Wildman–Crippen MR) is 138 cm³/mol. The number of nitrogens with zero attached hydrogens (tertiary/aromatic N) is 1. The maximum atomic E-state index is 13.0. The molecular formula is C24H14Br2Cl2N2O4. The summed E-state index contributed by atoms with van der Waals surface area (Å²) in [5, 5.41) is 2.61. The minimum absolute atomic E-state index is 0.101. The number of urea groups is 1. The molecule has 0 bridgehead atoms. The fourth-order valence-corrected chi connectivity index (χ4v) is 4.82. The molecule has 0 aromatic heterocycles. The van der Waals surface area contributed by atoms with Gasteiger partial charge < -0.3 is 4.74 Å². The van der Waals surface area contributed by atoms with Crippen LogP contribution in [0.3, 0.4) is 0 Å². The first-order valence-corrected chi connectivity index (χ1v) is 12.1. The maximum absolute atomic E-state index is 13.0. The highest BCUT2D eigenvalue weighted by atomic mass is 79.9. The fourth-order valence-electron chi connectivity index (χ4n) is 3.17. The number of amides is 4. The molecule has 1 heterocycles. The van der Waals surface area contributed by atoms with Gasteiger partial charge in [0.15, 0.2) is 0 Å². The molecule has 10 heteroatoms. The number of nitrogens with one attached hydrogen (secondary N) is 1. The van der Waals surface area contributed by atoms with Gasteiger partial charge in [0.2, 0.25) is 0 Å². The van der Waals surface area contributed by atoms with E-state index in [4.69, 9.17) is 27.9 Å². The van der Waals surface area contributed by atoms with E-state index in [-0.39, 0.29) is 16.3 Å². The molecule has 1 fully saturated rings. The number of rotatable bonds is 5. The molecule has 1 aliphatic heterocycles. The van der Waals surface area contributed by atoms with Gasteiger partial charge in [0.1, 0.15) is 17.9 Å². The molecule has 3 aromatic carbocycles. The van der Waals surface area contributed by atoms with Crippen LogP contribution in [0, 0.1) is 0 Å². The molecule has 0 unspecified atom stereocenters. The van der Waals surface area contributed by atoms with E-state index in [2.05, 4.69) is 37.2 Å². The minimum Gasteiger partial charge on any atom is -0.489 e. The molecular weight excluding hydrogens is 611 g/mol. The summed E-state index contributed by atoms with van der Waals surface area (Å²) in [5.41, 5.74) is 1.46. The molecule has 1 aliphatic rings. The third-order valence-electron chi connectivity index (χ3n) is 4.85. The second-order valence-corrected chi connectivity index (χ2v) is 9.76. The summed E-state index contributed by atoms with van der Waals surface area (Å²) in [4.78, 5) is 38.6. The zero-order valence-electron chi connectivity index (χ0n) is 17.2. The lowest BCUT2D eigenvalue weighted by molar-refractivity contribution is -0.122. The number of imide groups is 2. The molecule has 0 radical (unpaired) electrons. The highest BCUT2D eigenvalue weighted by molar-refractivity contribution is 9.11. The van der Waals surface area contributed by atoms with Crippen molar-refractivity contribution < 1.29 is 19.1 Å². The van der Waals surface area contributed by atoms with Crippen molar-refractivity contribution in [3.63, 3.8) is 0 Å². The molecule has 0 spiro atoms. The zero-order chi connectivity index (χ0) is 24.4. The number of benzene rings is 3. The van der Waals surface area contributed by atoms with Gasteiger partial charge in [-0.1, -0.05) is 73.3 Å². The second-order valence-electron chi connectivity index (χ2n) is 7.15. The van der Waals surface area contributed by atoms with Crippen LogP contribution < -0.4 is 15.0 Å². The number of carbonyl (C=O) groups excluding carboxylic acids is 3. The summed E-state index contributed by atoms with van der Waals surface area (Å²) >= 11 is 19.0. The first-order chi connectivity index (χ1) is 16.2. The topological polar surface area (TPSA) is 75.7 Å². The molecule has 1 saturated heterocycles. The van der Waals surface area contributed by atoms with Crippen molar-refractivity contribution in [1.82, 2.24) is 5.32 Å². The summed E-state index contributed by atoms with van der Waals surface area (Å²) < 4.78 is 7.70. The van der Waals surface area contributed by atoms with E-state index in [1.807, 2.05) is 18.2 Å². The van der Waals surface area contributed by atoms with Gasteiger partial charge in [0.25, 0.3) is 11.8 Å². The first-order valence-electron chi connectivity index (χ1n) is 9.76. The number of ether oxygens (including phenoxy) is 1. The SMILES string of the molecule is O=C1NC(=O)N(c2ccc(Cl)cc2Cl)C(=O)/C1=C/c1ccc(OCc2ccc(Br)cc2Br)cc1. The van der Waals surface area contributed by atoms with Gasteiger partial charge in [-0.05, 0) is 54.1 Å². The largest absolute Gasteiger partial charge is 0.489 e. The van der Waals surface area contributed by atoms with Crippen LogP contribution in [0.4, 0.5) is 10.5 Å². The Bertz CT molecular complexity index is 1340. The Morgan fingerprint density at radius 1 is 0.941 bits per heavy atom. The fraction of sp³-hybridized carbons (Fsp3) is 0.0417. The van der Waals surface area contributed by atoms with Crippen molar-refractivity contribution in [3.05, 3.63) is 96.4 Å². The predicted octanol–water partition coefficient (Wildman–Crippen LogP) is 6.76. The van der Waals surface area contributed by atoms with E-state index in [0.717, 1.165) is 19.4 Å². The number of hydrogen-bond donors (Lipinski definition) is 1. The standard InChI is InChI=1S/C24H14Br2Cl2N2O4/c25-15-4-3-14(19(26)10-15)12-34-17-6-1-13(2-7-17)9-18-22(31)29-24(33)30(23(18)32)21-8-5-16(27)11-20(21)28/h1-11H,12H2,(H,29,31,33)/b18-9+. The summed E-state index contributed by atoms with van der Waals surface area (Å²) in [6, 6.07) is 16.1. The van der Waals surface area contributed by atoms with Crippen LogP contribution in [0.2, 0.25) is 10.0 Å². The second kappa shape index (κ2) is 10.3. The third kappa shape index (κ3) is 5.36. The van der Waals surface area contributed by atoms with Crippen LogP contribution in [-0.4, -0.2) is 17.8 Å². The molecule has 6 nitrogen and oxygen atoms in total. The van der Waals surface area contributed by atoms with Gasteiger partial charge >= 0.3 is 6.03 Å². The van der Waals surface area contributed by atoms with Crippen LogP contribution in [0.1, 0.15) is 11.1 Å². The van der Waals surface area contributed by atoms with E-state index in [1.54, 1.807) is 24.3 Å². The first kappa shape index (κ1) is 24.5. The van der Waals surface area contributed by atoms with Crippen LogP contribution in [-0.2, 0) is 16.2 Å². The van der Waals surface area contributed by atoms with Crippen LogP contribution in [0.15, 0.2) is 75.2 Å². The number of anilines is 1. The molecule has 4 rings (SSSR count). The average molecular weight is 625 g/mol. The van der Waals surface area contributed by atoms with Gasteiger partial charge in [-0.2, -0.15) is 0 Å². The monoisotopic (exact) mass is 622 g/mol. The summed E-state index contributed by atoms with van der Waals surface area (Å²) in [5.74, 6) is -0.976. The number of barbiturate groups is 1. The smallest absolute Gasteiger partial charge is 0.335 e. The van der Waals surface area contributed by atoms with E-state index in [9.17, 15) is 14.4 Å². The van der Waals surface area contributed by atoms with E-state index < -0.39 is 17.8 Å². The Morgan fingerprint density at radius 3 is 2.35 bits per heavy atom. The van der Waals surface area contributed by atoms with Crippen LogP contribution in [0.25, 0.3) is 6.08 Å². The van der Waals surface area contributed by atoms with Crippen LogP contribution >= 0.6 is 55.1 Å². The van der Waals surface area contributed by atoms with Gasteiger partial charge in [0.05, 0.1) is 10.7 Å². The lowest BCUT2D eigenvalue weighted by atomic mass is 10.1. The maximum Gasteiger partial charge on any atom is 0.335 e. The van der Waals surface area contributed by atoms with Crippen LogP contribution in [0.5, 0.6) is 5.75 Å². The Balaban J connectivity index is 1.53. The van der Waals surface area contributed by atoms with Gasteiger partial charge in [-0.15, -0.1) is 0 Å². The molecule has 172 valence electrons. The minimum atomic E-state index is -0.890. The lowest BCUT2D eigenvalue weighted by Crippen LogP contribution is -2.54. The summed E-state index contributed by atoms with van der Waals surface area (Å²) in [7, 11) is 0. The van der Waals surface area contributed by atoms with Crippen molar-refractivity contribution in [1.29, 1.82) is 0 Å². The molecule has 0 aliphatic carbocycles. The number of carbonyl (C=O) groups is 3. The Kier molecular flexibility index (Phi) is 7.42. The van der Waals surface area contributed by atoms with Gasteiger partial charge in [-0.3, -0.25) is 14.9 Å². The van der Waals surface area contributed by atoms with Crippen molar-refractivity contribution in [2.75, 3.05) is 4.90 Å². The zero-order valence-corrected chi connectivity index (χ0v) is 21.8. The highest BCUT2D eigenvalue weighted by Crippen LogP contribution is 2.31. The third-order valence-corrected chi connectivity index (χ3v) is 6.62. The van der Waals surface area contributed by atoms with Gasteiger partial charge in [0, 0.05) is 19.5 Å².